The first-order valence-corrected chi connectivity index (χ1v) is 6.65. The van der Waals surface area contributed by atoms with Crippen LogP contribution < -0.4 is 11.1 Å². The molecule has 0 unspecified atom stereocenters. The molecule has 22 heavy (non-hydrogen) atoms. The molecule has 1 heterocycles. The molecule has 1 amide bonds. The Labute approximate surface area is 128 Å². The zero-order valence-electron chi connectivity index (χ0n) is 11.9. The van der Waals surface area contributed by atoms with Crippen LogP contribution in [0.15, 0.2) is 61.1 Å². The second-order valence-electron chi connectivity index (χ2n) is 4.42. The third kappa shape index (κ3) is 3.89. The van der Waals surface area contributed by atoms with Gasteiger partial charge in [-0.15, -0.1) is 0 Å². The summed E-state index contributed by atoms with van der Waals surface area (Å²) in [6.45, 7) is 0. The van der Waals surface area contributed by atoms with E-state index in [1.54, 1.807) is 24.5 Å². The van der Waals surface area contributed by atoms with Gasteiger partial charge in [0.15, 0.2) is 0 Å². The van der Waals surface area contributed by atoms with Gasteiger partial charge in [-0.2, -0.15) is 0 Å². The standard InChI is InChI=1S/C17H16N4O/c18-10-14(11-19)16-8-9-20-12-13(16)6-7-17(22)21-15-4-2-1-3-5-15/h1-12,18H,19H2,(H,21,22)/b7-6+,14-11?,18-10?. The predicted molar refractivity (Wildman–Crippen MR) is 89.3 cm³/mol. The van der Waals surface area contributed by atoms with Crippen LogP contribution in [-0.4, -0.2) is 17.1 Å². The molecule has 0 saturated carbocycles. The third-order valence-corrected chi connectivity index (χ3v) is 2.95. The second-order valence-corrected chi connectivity index (χ2v) is 4.42. The van der Waals surface area contributed by atoms with E-state index in [4.69, 9.17) is 11.1 Å². The Kier molecular flexibility index (Phi) is 5.20. The van der Waals surface area contributed by atoms with Gasteiger partial charge in [0.1, 0.15) is 0 Å². The summed E-state index contributed by atoms with van der Waals surface area (Å²) in [6.07, 6.45) is 8.82. The molecule has 5 heteroatoms. The first kappa shape index (κ1) is 15.2. The van der Waals surface area contributed by atoms with Crippen molar-refractivity contribution >= 4 is 29.5 Å². The molecule has 0 fully saturated rings. The number of nitrogens with two attached hydrogens (primary N) is 1. The maximum absolute atomic E-state index is 11.9. The maximum Gasteiger partial charge on any atom is 0.248 e. The molecule has 0 spiro atoms. The van der Waals surface area contributed by atoms with Crippen molar-refractivity contribution in [1.82, 2.24) is 4.98 Å². The van der Waals surface area contributed by atoms with E-state index >= 15 is 0 Å². The summed E-state index contributed by atoms with van der Waals surface area (Å²) in [4.78, 5) is 15.9. The van der Waals surface area contributed by atoms with Crippen LogP contribution >= 0.6 is 0 Å². The van der Waals surface area contributed by atoms with Crippen LogP contribution in [0.3, 0.4) is 0 Å². The van der Waals surface area contributed by atoms with Crippen molar-refractivity contribution < 1.29 is 4.79 Å². The minimum absolute atomic E-state index is 0.242. The molecule has 1 aromatic carbocycles. The Bertz CT molecular complexity index is 720. The molecule has 110 valence electrons. The molecule has 0 radical (unpaired) electrons. The normalized spacial score (nSPS) is 11.4. The minimum atomic E-state index is -0.242. The molecule has 1 aromatic heterocycles. The fourth-order valence-electron chi connectivity index (χ4n) is 1.89. The number of nitrogens with zero attached hydrogens (tertiary/aromatic N) is 1. The number of nitrogens with one attached hydrogen (secondary N) is 2. The third-order valence-electron chi connectivity index (χ3n) is 2.95. The van der Waals surface area contributed by atoms with Crippen molar-refractivity contribution in [3.8, 4) is 0 Å². The summed E-state index contributed by atoms with van der Waals surface area (Å²) in [7, 11) is 0. The molecule has 0 aliphatic rings. The Morgan fingerprint density at radius 1 is 1.23 bits per heavy atom. The van der Waals surface area contributed by atoms with Crippen LogP contribution in [0.4, 0.5) is 5.69 Å². The number of allylic oxidation sites excluding steroid dienone is 1. The average Bonchev–Trinajstić information content (AvgIpc) is 2.56. The highest BCUT2D eigenvalue weighted by Crippen LogP contribution is 2.17. The smallest absolute Gasteiger partial charge is 0.248 e. The van der Waals surface area contributed by atoms with Gasteiger partial charge in [0.2, 0.25) is 5.91 Å². The number of pyridine rings is 1. The quantitative estimate of drug-likeness (QED) is 0.584. The SMILES string of the molecule is N=CC(=CN)c1ccncc1/C=C/C(=O)Nc1ccccc1. The topological polar surface area (TPSA) is 91.9 Å². The van der Waals surface area contributed by atoms with Gasteiger partial charge in [-0.1, -0.05) is 18.2 Å². The number of para-hydroxylation sites is 1. The largest absolute Gasteiger partial charge is 0.404 e. The number of hydrogen-bond donors (Lipinski definition) is 3. The highest BCUT2D eigenvalue weighted by molar-refractivity contribution is 6.10. The van der Waals surface area contributed by atoms with Gasteiger partial charge >= 0.3 is 0 Å². The summed E-state index contributed by atoms with van der Waals surface area (Å²) < 4.78 is 0. The van der Waals surface area contributed by atoms with E-state index in [0.29, 0.717) is 11.1 Å². The average molecular weight is 292 g/mol. The summed E-state index contributed by atoms with van der Waals surface area (Å²) >= 11 is 0. The summed E-state index contributed by atoms with van der Waals surface area (Å²) in [5, 5.41) is 10.1. The van der Waals surface area contributed by atoms with Gasteiger partial charge in [0.25, 0.3) is 0 Å². The molecule has 2 rings (SSSR count). The van der Waals surface area contributed by atoms with Crippen molar-refractivity contribution in [3.63, 3.8) is 0 Å². The van der Waals surface area contributed by atoms with Crippen LogP contribution in [0.5, 0.6) is 0 Å². The van der Waals surface area contributed by atoms with Gasteiger partial charge in [0, 0.05) is 47.7 Å². The van der Waals surface area contributed by atoms with Gasteiger partial charge in [-0.05, 0) is 29.8 Å². The summed E-state index contributed by atoms with van der Waals surface area (Å²) in [6, 6.07) is 10.9. The molecule has 0 aliphatic heterocycles. The lowest BCUT2D eigenvalue weighted by molar-refractivity contribution is -0.111. The number of aromatic nitrogens is 1. The second kappa shape index (κ2) is 7.54. The molecule has 2 aromatic rings. The van der Waals surface area contributed by atoms with E-state index in [1.807, 2.05) is 30.3 Å². The van der Waals surface area contributed by atoms with Gasteiger partial charge in [-0.3, -0.25) is 9.78 Å². The van der Waals surface area contributed by atoms with Crippen LogP contribution in [-0.2, 0) is 4.79 Å². The predicted octanol–water partition coefficient (Wildman–Crippen LogP) is 2.68. The Hall–Kier alpha value is -3.21. The number of benzene rings is 1. The van der Waals surface area contributed by atoms with Crippen molar-refractivity contribution in [2.75, 3.05) is 5.32 Å². The molecular formula is C17H16N4O. The number of carbonyl (C=O) groups is 1. The monoisotopic (exact) mass is 292 g/mol. The van der Waals surface area contributed by atoms with Crippen LogP contribution in [0.1, 0.15) is 11.1 Å². The van der Waals surface area contributed by atoms with Gasteiger partial charge < -0.3 is 16.5 Å². The van der Waals surface area contributed by atoms with E-state index in [2.05, 4.69) is 10.3 Å². The molecule has 0 saturated heterocycles. The lowest BCUT2D eigenvalue weighted by Crippen LogP contribution is -2.07. The lowest BCUT2D eigenvalue weighted by Gasteiger charge is -2.05. The van der Waals surface area contributed by atoms with E-state index in [9.17, 15) is 4.79 Å². The lowest BCUT2D eigenvalue weighted by atomic mass is 10.0. The van der Waals surface area contributed by atoms with Crippen molar-refractivity contribution in [3.05, 3.63) is 72.2 Å². The minimum Gasteiger partial charge on any atom is -0.404 e. The van der Waals surface area contributed by atoms with Crippen molar-refractivity contribution in [1.29, 1.82) is 5.41 Å². The number of amides is 1. The number of hydrogen-bond acceptors (Lipinski definition) is 4. The number of rotatable bonds is 5. The van der Waals surface area contributed by atoms with Crippen molar-refractivity contribution in [2.45, 2.75) is 0 Å². The Balaban J connectivity index is 2.17. The fraction of sp³-hybridized carbons (Fsp3) is 0. The highest BCUT2D eigenvalue weighted by Gasteiger charge is 2.04. The number of anilines is 1. The molecule has 0 aliphatic carbocycles. The Morgan fingerprint density at radius 3 is 2.68 bits per heavy atom. The first-order valence-electron chi connectivity index (χ1n) is 6.65. The maximum atomic E-state index is 11.9. The molecule has 0 bridgehead atoms. The number of carbonyl (C=O) groups excluding carboxylic acids is 1. The molecular weight excluding hydrogens is 276 g/mol. The van der Waals surface area contributed by atoms with Crippen LogP contribution in [0.2, 0.25) is 0 Å². The van der Waals surface area contributed by atoms with Gasteiger partial charge in [0.05, 0.1) is 0 Å². The van der Waals surface area contributed by atoms with Crippen molar-refractivity contribution in [2.24, 2.45) is 5.73 Å². The van der Waals surface area contributed by atoms with E-state index < -0.39 is 0 Å². The van der Waals surface area contributed by atoms with Gasteiger partial charge in [-0.25, -0.2) is 0 Å². The summed E-state index contributed by atoms with van der Waals surface area (Å²) in [5.41, 5.74) is 8.25. The molecule has 0 atom stereocenters. The zero-order valence-corrected chi connectivity index (χ0v) is 11.9. The fourth-order valence-corrected chi connectivity index (χ4v) is 1.89. The van der Waals surface area contributed by atoms with E-state index in [1.165, 1.54) is 12.3 Å². The van der Waals surface area contributed by atoms with Crippen LogP contribution in [0, 0.1) is 5.41 Å². The van der Waals surface area contributed by atoms with E-state index in [0.717, 1.165) is 17.5 Å². The Morgan fingerprint density at radius 2 is 2.00 bits per heavy atom. The summed E-state index contributed by atoms with van der Waals surface area (Å²) in [5.74, 6) is -0.242. The van der Waals surface area contributed by atoms with E-state index in [-0.39, 0.29) is 5.91 Å². The first-order chi connectivity index (χ1) is 10.7. The highest BCUT2D eigenvalue weighted by atomic mass is 16.1. The zero-order chi connectivity index (χ0) is 15.8. The van der Waals surface area contributed by atoms with Crippen LogP contribution in [0.25, 0.3) is 11.6 Å². The molecule has 5 nitrogen and oxygen atoms in total. The molecule has 4 N–H and O–H groups in total.